The fourth-order valence-electron chi connectivity index (χ4n) is 3.76. The summed E-state index contributed by atoms with van der Waals surface area (Å²) in [6, 6.07) is 12.7. The number of benzene rings is 1. The number of nitrogens with one attached hydrogen (secondary N) is 1. The van der Waals surface area contributed by atoms with E-state index >= 15 is 0 Å². The number of thiophene rings is 1. The number of carbonyl (C=O) groups excluding carboxylic acids is 1. The zero-order valence-corrected chi connectivity index (χ0v) is 19.0. The molecule has 2 fully saturated rings. The lowest BCUT2D eigenvalue weighted by Gasteiger charge is -2.26. The molecule has 7 heteroatoms. The van der Waals surface area contributed by atoms with Crippen molar-refractivity contribution in [3.8, 4) is 5.75 Å². The minimum absolute atomic E-state index is 0.0590. The van der Waals surface area contributed by atoms with E-state index in [0.29, 0.717) is 11.1 Å². The molecule has 29 heavy (non-hydrogen) atoms. The molecule has 2 aromatic rings. The van der Waals surface area contributed by atoms with Gasteiger partial charge in [0.05, 0.1) is 10.6 Å². The Morgan fingerprint density at radius 2 is 1.86 bits per heavy atom. The summed E-state index contributed by atoms with van der Waals surface area (Å²) >= 11 is 5.79. The van der Waals surface area contributed by atoms with Crippen molar-refractivity contribution in [2.45, 2.75) is 29.9 Å². The van der Waals surface area contributed by atoms with Gasteiger partial charge in [-0.05, 0) is 73.0 Å². The van der Waals surface area contributed by atoms with Gasteiger partial charge in [0.1, 0.15) is 5.75 Å². The molecule has 1 atom stereocenters. The monoisotopic (exact) mass is 448 g/mol. The zero-order chi connectivity index (χ0) is 19.9. The minimum Gasteiger partial charge on any atom is -0.484 e. The summed E-state index contributed by atoms with van der Waals surface area (Å²) in [5.74, 6) is 3.16. The first kappa shape index (κ1) is 21.1. The molecule has 0 saturated carbocycles. The van der Waals surface area contributed by atoms with Gasteiger partial charge >= 0.3 is 0 Å². The molecule has 2 aliphatic rings. The number of ether oxygens (including phenoxy) is 1. The van der Waals surface area contributed by atoms with Crippen molar-refractivity contribution in [1.82, 2.24) is 10.2 Å². The lowest BCUT2D eigenvalue weighted by atomic mass is 10.2. The van der Waals surface area contributed by atoms with Crippen LogP contribution in [0.4, 0.5) is 0 Å². The van der Waals surface area contributed by atoms with Crippen molar-refractivity contribution >= 4 is 40.8 Å². The number of rotatable bonds is 8. The second-order valence-corrected chi connectivity index (χ2v) is 11.1. The summed E-state index contributed by atoms with van der Waals surface area (Å²) in [6.45, 7) is 2.92. The minimum atomic E-state index is -0.0618. The van der Waals surface area contributed by atoms with Gasteiger partial charge < -0.3 is 10.1 Å². The van der Waals surface area contributed by atoms with Crippen LogP contribution in [-0.4, -0.2) is 48.6 Å². The molecule has 1 aromatic heterocycles. The van der Waals surface area contributed by atoms with E-state index in [0.717, 1.165) is 18.8 Å². The normalized spacial score (nSPS) is 19.2. The van der Waals surface area contributed by atoms with Gasteiger partial charge in [0.2, 0.25) is 0 Å². The molecular weight excluding hydrogens is 420 g/mol. The van der Waals surface area contributed by atoms with Gasteiger partial charge in [-0.1, -0.05) is 18.2 Å². The SMILES string of the molecule is O=C(COc1ccc(C2SCCCS2)cc1)NCC(c1cccs1)N1CCCC1. The van der Waals surface area contributed by atoms with E-state index in [1.165, 1.54) is 41.2 Å². The van der Waals surface area contributed by atoms with E-state index < -0.39 is 0 Å². The molecule has 1 unspecified atom stereocenters. The Kier molecular flexibility index (Phi) is 7.82. The number of carbonyl (C=O) groups is 1. The van der Waals surface area contributed by atoms with E-state index in [4.69, 9.17) is 4.74 Å². The Morgan fingerprint density at radius 1 is 1.10 bits per heavy atom. The molecule has 2 saturated heterocycles. The Balaban J connectivity index is 1.25. The molecule has 4 rings (SSSR count). The van der Waals surface area contributed by atoms with Crippen LogP contribution in [0.2, 0.25) is 0 Å². The third-order valence-electron chi connectivity index (χ3n) is 5.29. The quantitative estimate of drug-likeness (QED) is 0.619. The first-order valence-electron chi connectivity index (χ1n) is 10.3. The lowest BCUT2D eigenvalue weighted by molar-refractivity contribution is -0.123. The van der Waals surface area contributed by atoms with Gasteiger partial charge in [-0.25, -0.2) is 0 Å². The third-order valence-corrected chi connectivity index (χ3v) is 9.28. The second kappa shape index (κ2) is 10.8. The average Bonchev–Trinajstić information content (AvgIpc) is 3.49. The Bertz CT molecular complexity index is 755. The largest absolute Gasteiger partial charge is 0.484 e. The summed E-state index contributed by atoms with van der Waals surface area (Å²) in [6.07, 6.45) is 3.78. The van der Waals surface area contributed by atoms with E-state index in [2.05, 4.69) is 39.9 Å². The highest BCUT2D eigenvalue weighted by molar-refractivity contribution is 8.16. The molecule has 156 valence electrons. The third kappa shape index (κ3) is 5.94. The average molecular weight is 449 g/mol. The van der Waals surface area contributed by atoms with Gasteiger partial charge in [0.25, 0.3) is 5.91 Å². The number of thioether (sulfide) groups is 2. The maximum Gasteiger partial charge on any atom is 0.258 e. The van der Waals surface area contributed by atoms with Crippen LogP contribution in [0.3, 0.4) is 0 Å². The van der Waals surface area contributed by atoms with Crippen LogP contribution in [0, 0.1) is 0 Å². The van der Waals surface area contributed by atoms with Crippen LogP contribution < -0.4 is 10.1 Å². The van der Waals surface area contributed by atoms with E-state index in [1.54, 1.807) is 11.3 Å². The summed E-state index contributed by atoms with van der Waals surface area (Å²) in [4.78, 5) is 16.2. The van der Waals surface area contributed by atoms with Crippen LogP contribution in [-0.2, 0) is 4.79 Å². The summed E-state index contributed by atoms with van der Waals surface area (Å²) in [5, 5.41) is 5.18. The molecule has 0 aliphatic carbocycles. The maximum atomic E-state index is 12.4. The predicted octanol–water partition coefficient (Wildman–Crippen LogP) is 4.95. The van der Waals surface area contributed by atoms with Gasteiger partial charge in [-0.3, -0.25) is 9.69 Å². The molecule has 1 aromatic carbocycles. The number of hydrogen-bond donors (Lipinski definition) is 1. The molecule has 0 spiro atoms. The van der Waals surface area contributed by atoms with E-state index in [9.17, 15) is 4.79 Å². The van der Waals surface area contributed by atoms with Crippen LogP contribution >= 0.6 is 34.9 Å². The van der Waals surface area contributed by atoms with Crippen molar-refractivity contribution in [3.05, 3.63) is 52.2 Å². The highest BCUT2D eigenvalue weighted by Gasteiger charge is 2.24. The zero-order valence-electron chi connectivity index (χ0n) is 16.5. The van der Waals surface area contributed by atoms with Crippen molar-refractivity contribution < 1.29 is 9.53 Å². The molecule has 3 heterocycles. The molecule has 1 amide bonds. The first-order chi connectivity index (χ1) is 14.3. The Morgan fingerprint density at radius 3 is 2.55 bits per heavy atom. The number of nitrogens with zero attached hydrogens (tertiary/aromatic N) is 1. The fraction of sp³-hybridized carbons (Fsp3) is 0.500. The maximum absolute atomic E-state index is 12.4. The van der Waals surface area contributed by atoms with Gasteiger partial charge in [-0.2, -0.15) is 0 Å². The second-order valence-electron chi connectivity index (χ2n) is 7.36. The number of likely N-dealkylation sites (tertiary alicyclic amines) is 1. The Hall–Kier alpha value is -1.15. The van der Waals surface area contributed by atoms with Gasteiger partial charge in [0.15, 0.2) is 6.61 Å². The summed E-state index contributed by atoms with van der Waals surface area (Å²) < 4.78 is 6.25. The van der Waals surface area contributed by atoms with E-state index in [1.807, 2.05) is 35.7 Å². The molecular formula is C22H28N2O2S3. The van der Waals surface area contributed by atoms with Crippen LogP contribution in [0.15, 0.2) is 41.8 Å². The highest BCUT2D eigenvalue weighted by atomic mass is 32.2. The van der Waals surface area contributed by atoms with Gasteiger partial charge in [0, 0.05) is 11.4 Å². The molecule has 2 aliphatic heterocycles. The first-order valence-corrected chi connectivity index (χ1v) is 13.3. The van der Waals surface area contributed by atoms with E-state index in [-0.39, 0.29) is 18.6 Å². The number of hydrogen-bond acceptors (Lipinski definition) is 6. The van der Waals surface area contributed by atoms with Crippen LogP contribution in [0.1, 0.15) is 40.3 Å². The standard InChI is InChI=1S/C22H28N2O2S3/c25-21(23-15-19(20-5-3-12-27-20)24-10-1-2-11-24)16-26-18-8-6-17(7-9-18)22-28-13-4-14-29-22/h3,5-9,12,19,22H,1-2,4,10-11,13-16H2,(H,23,25). The van der Waals surface area contributed by atoms with Crippen molar-refractivity contribution in [2.75, 3.05) is 37.7 Å². The van der Waals surface area contributed by atoms with Gasteiger partial charge in [-0.15, -0.1) is 34.9 Å². The fourth-order valence-corrected chi connectivity index (χ4v) is 7.51. The summed E-state index contributed by atoms with van der Waals surface area (Å²) in [7, 11) is 0. The molecule has 4 nitrogen and oxygen atoms in total. The lowest BCUT2D eigenvalue weighted by Crippen LogP contribution is -2.38. The highest BCUT2D eigenvalue weighted by Crippen LogP contribution is 2.43. The molecule has 0 radical (unpaired) electrons. The van der Waals surface area contributed by atoms with Crippen molar-refractivity contribution in [1.29, 1.82) is 0 Å². The Labute approximate surface area is 185 Å². The molecule has 0 bridgehead atoms. The predicted molar refractivity (Wildman–Crippen MR) is 125 cm³/mol. The number of amides is 1. The van der Waals surface area contributed by atoms with Crippen molar-refractivity contribution in [2.24, 2.45) is 0 Å². The van der Waals surface area contributed by atoms with Crippen LogP contribution in [0.5, 0.6) is 5.75 Å². The smallest absolute Gasteiger partial charge is 0.258 e. The van der Waals surface area contributed by atoms with Crippen LogP contribution in [0.25, 0.3) is 0 Å². The summed E-state index contributed by atoms with van der Waals surface area (Å²) in [5.41, 5.74) is 1.33. The molecule has 1 N–H and O–H groups in total. The topological polar surface area (TPSA) is 41.6 Å². The van der Waals surface area contributed by atoms with Crippen molar-refractivity contribution in [3.63, 3.8) is 0 Å².